The fourth-order valence-electron chi connectivity index (χ4n) is 2.35. The van der Waals surface area contributed by atoms with Crippen molar-refractivity contribution in [1.82, 2.24) is 4.90 Å². The minimum Gasteiger partial charge on any atom is -0.445 e. The first-order chi connectivity index (χ1) is 9.16. The van der Waals surface area contributed by atoms with Crippen molar-refractivity contribution in [3.8, 4) is 0 Å². The normalized spacial score (nSPS) is 18.1. The summed E-state index contributed by atoms with van der Waals surface area (Å²) in [4.78, 5) is 14.3. The van der Waals surface area contributed by atoms with Crippen LogP contribution in [0.25, 0.3) is 0 Å². The summed E-state index contributed by atoms with van der Waals surface area (Å²) in [6.07, 6.45) is 1.91. The second-order valence-corrected chi connectivity index (χ2v) is 6.49. The van der Waals surface area contributed by atoms with Gasteiger partial charge >= 0.3 is 6.09 Å². The van der Waals surface area contributed by atoms with Crippen molar-refractivity contribution in [1.29, 1.82) is 0 Å². The van der Waals surface area contributed by atoms with E-state index in [-0.39, 0.29) is 6.09 Å². The van der Waals surface area contributed by atoms with Crippen LogP contribution in [0, 0.1) is 5.92 Å². The number of piperidine rings is 1. The van der Waals surface area contributed by atoms with Crippen LogP contribution in [0.3, 0.4) is 0 Å². The number of hydrogen-bond acceptors (Lipinski definition) is 2. The number of halogens is 1. The molecule has 2 rings (SSSR count). The Balaban J connectivity index is 1.76. The summed E-state index contributed by atoms with van der Waals surface area (Å²) >= 11 is 3.62. The van der Waals surface area contributed by atoms with Gasteiger partial charge in [0, 0.05) is 17.9 Å². The van der Waals surface area contributed by atoms with Crippen molar-refractivity contribution in [3.63, 3.8) is 0 Å². The molecular formula is C15H20BrNO2. The average Bonchev–Trinajstić information content (AvgIpc) is 2.46. The highest BCUT2D eigenvalue weighted by molar-refractivity contribution is 9.09. The van der Waals surface area contributed by atoms with Crippen molar-refractivity contribution < 1.29 is 9.53 Å². The molecule has 1 atom stereocenters. The minimum absolute atomic E-state index is 0.190. The summed E-state index contributed by atoms with van der Waals surface area (Å²) in [5.41, 5.74) is 1.03. The van der Waals surface area contributed by atoms with Crippen molar-refractivity contribution >= 4 is 22.0 Å². The number of carbonyl (C=O) groups is 1. The second kappa shape index (κ2) is 6.94. The topological polar surface area (TPSA) is 29.5 Å². The second-order valence-electron chi connectivity index (χ2n) is 5.04. The summed E-state index contributed by atoms with van der Waals surface area (Å²) in [7, 11) is 0. The molecule has 0 aliphatic carbocycles. The van der Waals surface area contributed by atoms with Gasteiger partial charge in [-0.3, -0.25) is 0 Å². The monoisotopic (exact) mass is 325 g/mol. The van der Waals surface area contributed by atoms with Crippen LogP contribution in [-0.4, -0.2) is 28.9 Å². The number of rotatable bonds is 3. The third-order valence-corrected chi connectivity index (χ3v) is 4.40. The molecule has 0 saturated carbocycles. The maximum atomic E-state index is 11.9. The van der Waals surface area contributed by atoms with Crippen LogP contribution >= 0.6 is 15.9 Å². The van der Waals surface area contributed by atoms with Gasteiger partial charge in [0.2, 0.25) is 0 Å². The van der Waals surface area contributed by atoms with Crippen LogP contribution in [-0.2, 0) is 11.3 Å². The van der Waals surface area contributed by atoms with Crippen LogP contribution in [0.5, 0.6) is 0 Å². The molecule has 1 aliphatic rings. The van der Waals surface area contributed by atoms with E-state index >= 15 is 0 Å². The quantitative estimate of drug-likeness (QED) is 0.791. The highest BCUT2D eigenvalue weighted by Crippen LogP contribution is 2.25. The summed E-state index contributed by atoms with van der Waals surface area (Å²) in [5, 5.41) is 0. The van der Waals surface area contributed by atoms with E-state index in [2.05, 4.69) is 22.9 Å². The first-order valence-electron chi connectivity index (χ1n) is 6.76. The Hall–Kier alpha value is -1.03. The molecule has 0 bridgehead atoms. The predicted molar refractivity (Wildman–Crippen MR) is 79.3 cm³/mol. The molecular weight excluding hydrogens is 306 g/mol. The number of benzene rings is 1. The highest BCUT2D eigenvalue weighted by atomic mass is 79.9. The van der Waals surface area contributed by atoms with E-state index in [1.54, 1.807) is 0 Å². The summed E-state index contributed by atoms with van der Waals surface area (Å²) in [6, 6.07) is 9.79. The maximum Gasteiger partial charge on any atom is 0.410 e. The first kappa shape index (κ1) is 14.4. The van der Waals surface area contributed by atoms with Gasteiger partial charge in [-0.25, -0.2) is 4.79 Å². The molecule has 0 spiro atoms. The Kier molecular flexibility index (Phi) is 5.25. The van der Waals surface area contributed by atoms with Gasteiger partial charge in [0.05, 0.1) is 0 Å². The van der Waals surface area contributed by atoms with E-state index in [9.17, 15) is 4.79 Å². The van der Waals surface area contributed by atoms with Crippen molar-refractivity contribution in [2.75, 3.05) is 13.1 Å². The van der Waals surface area contributed by atoms with Crippen LogP contribution in [0.15, 0.2) is 30.3 Å². The molecule has 19 heavy (non-hydrogen) atoms. The third-order valence-electron chi connectivity index (χ3n) is 3.65. The van der Waals surface area contributed by atoms with E-state index in [1.807, 2.05) is 35.2 Å². The SMILES string of the molecule is CC(Br)C1CCN(C(=O)OCc2ccccc2)CC1. The number of nitrogens with zero attached hydrogens (tertiary/aromatic N) is 1. The molecule has 1 amide bonds. The fourth-order valence-corrected chi connectivity index (χ4v) is 2.88. The zero-order chi connectivity index (χ0) is 13.7. The van der Waals surface area contributed by atoms with Gasteiger partial charge < -0.3 is 9.64 Å². The molecule has 1 aromatic rings. The standard InChI is InChI=1S/C15H20BrNO2/c1-12(16)14-7-9-17(10-8-14)15(18)19-11-13-5-3-2-4-6-13/h2-6,12,14H,7-11H2,1H3. The van der Waals surface area contributed by atoms with Gasteiger partial charge in [-0.05, 0) is 24.3 Å². The number of carbonyl (C=O) groups excluding carboxylic acids is 1. The Labute approximate surface area is 123 Å². The molecule has 0 N–H and O–H groups in total. The average molecular weight is 326 g/mol. The van der Waals surface area contributed by atoms with Gasteiger partial charge in [-0.1, -0.05) is 53.2 Å². The molecule has 1 fully saturated rings. The molecule has 3 nitrogen and oxygen atoms in total. The number of hydrogen-bond donors (Lipinski definition) is 0. The van der Waals surface area contributed by atoms with Crippen molar-refractivity contribution in [2.24, 2.45) is 5.92 Å². The van der Waals surface area contributed by atoms with Gasteiger partial charge in [-0.15, -0.1) is 0 Å². The summed E-state index contributed by atoms with van der Waals surface area (Å²) < 4.78 is 5.34. The Bertz CT molecular complexity index is 400. The highest BCUT2D eigenvalue weighted by Gasteiger charge is 2.25. The first-order valence-corrected chi connectivity index (χ1v) is 7.68. The van der Waals surface area contributed by atoms with Gasteiger partial charge in [-0.2, -0.15) is 0 Å². The molecule has 104 valence electrons. The lowest BCUT2D eigenvalue weighted by Gasteiger charge is -2.32. The maximum absolute atomic E-state index is 11.9. The lowest BCUT2D eigenvalue weighted by molar-refractivity contribution is 0.0825. The van der Waals surface area contributed by atoms with E-state index in [0.717, 1.165) is 31.5 Å². The summed E-state index contributed by atoms with van der Waals surface area (Å²) in [6.45, 7) is 4.13. The lowest BCUT2D eigenvalue weighted by atomic mass is 9.95. The number of amides is 1. The number of alkyl halides is 1. The Morgan fingerprint density at radius 1 is 1.37 bits per heavy atom. The summed E-state index contributed by atoms with van der Waals surface area (Å²) in [5.74, 6) is 0.665. The van der Waals surface area contributed by atoms with E-state index in [0.29, 0.717) is 17.4 Å². The predicted octanol–water partition coefficient (Wildman–Crippen LogP) is 3.82. The van der Waals surface area contributed by atoms with E-state index in [4.69, 9.17) is 4.74 Å². The molecule has 1 unspecified atom stereocenters. The minimum atomic E-state index is -0.190. The Morgan fingerprint density at radius 3 is 2.58 bits per heavy atom. The molecule has 0 aromatic heterocycles. The van der Waals surface area contributed by atoms with Crippen LogP contribution in [0.1, 0.15) is 25.3 Å². The molecule has 4 heteroatoms. The van der Waals surface area contributed by atoms with Crippen LogP contribution < -0.4 is 0 Å². The molecule has 1 saturated heterocycles. The zero-order valence-corrected chi connectivity index (χ0v) is 12.8. The fraction of sp³-hybridized carbons (Fsp3) is 0.533. The van der Waals surface area contributed by atoms with Crippen molar-refractivity contribution in [3.05, 3.63) is 35.9 Å². The van der Waals surface area contributed by atoms with E-state index < -0.39 is 0 Å². The molecule has 1 heterocycles. The third kappa shape index (κ3) is 4.23. The van der Waals surface area contributed by atoms with Gasteiger partial charge in [0.1, 0.15) is 6.61 Å². The van der Waals surface area contributed by atoms with E-state index in [1.165, 1.54) is 0 Å². The zero-order valence-electron chi connectivity index (χ0n) is 11.2. The molecule has 0 radical (unpaired) electrons. The molecule has 1 aromatic carbocycles. The van der Waals surface area contributed by atoms with Gasteiger partial charge in [0.25, 0.3) is 0 Å². The number of likely N-dealkylation sites (tertiary alicyclic amines) is 1. The Morgan fingerprint density at radius 2 is 2.00 bits per heavy atom. The van der Waals surface area contributed by atoms with Gasteiger partial charge in [0.15, 0.2) is 0 Å². The number of ether oxygens (including phenoxy) is 1. The lowest BCUT2D eigenvalue weighted by Crippen LogP contribution is -2.40. The largest absolute Gasteiger partial charge is 0.445 e. The van der Waals surface area contributed by atoms with Crippen LogP contribution in [0.2, 0.25) is 0 Å². The molecule has 1 aliphatic heterocycles. The van der Waals surface area contributed by atoms with Crippen molar-refractivity contribution in [2.45, 2.75) is 31.2 Å². The smallest absolute Gasteiger partial charge is 0.410 e. The van der Waals surface area contributed by atoms with Crippen LogP contribution in [0.4, 0.5) is 4.79 Å².